The molecule has 6 nitrogen and oxygen atoms in total. The number of nitrogens with one attached hydrogen (secondary N) is 1. The SMILES string of the molecule is COc1cc2c(cc1NC(=O)[C@@H](C)OC(=O)CC(C)(C)C)oc1ccccc12. The molecule has 148 valence electrons. The second kappa shape index (κ2) is 7.54. The molecule has 0 unspecified atom stereocenters. The average Bonchev–Trinajstić information content (AvgIpc) is 2.96. The van der Waals surface area contributed by atoms with Crippen molar-refractivity contribution in [2.75, 3.05) is 12.4 Å². The predicted molar refractivity (Wildman–Crippen MR) is 109 cm³/mol. The van der Waals surface area contributed by atoms with Gasteiger partial charge in [0.15, 0.2) is 6.10 Å². The topological polar surface area (TPSA) is 77.8 Å². The molecule has 3 rings (SSSR count). The summed E-state index contributed by atoms with van der Waals surface area (Å²) in [5.41, 5.74) is 1.64. The van der Waals surface area contributed by atoms with Gasteiger partial charge >= 0.3 is 5.97 Å². The van der Waals surface area contributed by atoms with Crippen molar-refractivity contribution in [3.63, 3.8) is 0 Å². The number of fused-ring (bicyclic) bond motifs is 3. The zero-order chi connectivity index (χ0) is 20.5. The van der Waals surface area contributed by atoms with Crippen LogP contribution < -0.4 is 10.1 Å². The molecule has 0 radical (unpaired) electrons. The van der Waals surface area contributed by atoms with Crippen LogP contribution >= 0.6 is 0 Å². The van der Waals surface area contributed by atoms with Gasteiger partial charge in [-0.15, -0.1) is 0 Å². The van der Waals surface area contributed by atoms with Gasteiger partial charge in [-0.25, -0.2) is 0 Å². The summed E-state index contributed by atoms with van der Waals surface area (Å²) in [4.78, 5) is 24.5. The third-order valence-electron chi connectivity index (χ3n) is 4.31. The minimum atomic E-state index is -0.925. The van der Waals surface area contributed by atoms with Gasteiger partial charge in [-0.3, -0.25) is 9.59 Å². The van der Waals surface area contributed by atoms with Crippen LogP contribution in [0.1, 0.15) is 34.1 Å². The van der Waals surface area contributed by atoms with E-state index < -0.39 is 18.0 Å². The van der Waals surface area contributed by atoms with Crippen LogP contribution in [-0.4, -0.2) is 25.1 Å². The van der Waals surface area contributed by atoms with Crippen molar-refractivity contribution in [2.24, 2.45) is 5.41 Å². The molecular weight excluding hydrogens is 358 g/mol. The molecule has 1 heterocycles. The first-order valence-electron chi connectivity index (χ1n) is 9.17. The van der Waals surface area contributed by atoms with Crippen molar-refractivity contribution in [2.45, 2.75) is 40.2 Å². The smallest absolute Gasteiger partial charge is 0.307 e. The number of para-hydroxylation sites is 1. The number of hydrogen-bond donors (Lipinski definition) is 1. The molecule has 2 aromatic carbocycles. The number of benzene rings is 2. The first-order valence-corrected chi connectivity index (χ1v) is 9.17. The molecule has 6 heteroatoms. The monoisotopic (exact) mass is 383 g/mol. The fourth-order valence-corrected chi connectivity index (χ4v) is 2.98. The lowest BCUT2D eigenvalue weighted by Gasteiger charge is -2.19. The van der Waals surface area contributed by atoms with E-state index in [1.165, 1.54) is 7.11 Å². The summed E-state index contributed by atoms with van der Waals surface area (Å²) in [5, 5.41) is 4.63. The second-order valence-corrected chi connectivity index (χ2v) is 8.01. The molecule has 1 N–H and O–H groups in total. The lowest BCUT2D eigenvalue weighted by Crippen LogP contribution is -2.31. The van der Waals surface area contributed by atoms with E-state index in [2.05, 4.69) is 5.32 Å². The Kier molecular flexibility index (Phi) is 5.31. The van der Waals surface area contributed by atoms with Crippen LogP contribution in [-0.2, 0) is 14.3 Å². The summed E-state index contributed by atoms with van der Waals surface area (Å²) in [7, 11) is 1.53. The number of rotatable bonds is 5. The molecule has 28 heavy (non-hydrogen) atoms. The van der Waals surface area contributed by atoms with Crippen LogP contribution in [0.3, 0.4) is 0 Å². The van der Waals surface area contributed by atoms with Gasteiger partial charge < -0.3 is 19.2 Å². The Morgan fingerprint density at radius 2 is 1.82 bits per heavy atom. The number of anilines is 1. The number of esters is 1. The van der Waals surface area contributed by atoms with E-state index in [0.29, 0.717) is 17.0 Å². The fraction of sp³-hybridized carbons (Fsp3) is 0.364. The van der Waals surface area contributed by atoms with Gasteiger partial charge in [0.2, 0.25) is 0 Å². The van der Waals surface area contributed by atoms with Crippen LogP contribution in [0.4, 0.5) is 5.69 Å². The number of methoxy groups -OCH3 is 1. The lowest BCUT2D eigenvalue weighted by atomic mass is 9.92. The Bertz CT molecular complexity index is 1030. The van der Waals surface area contributed by atoms with Gasteiger partial charge in [-0.1, -0.05) is 39.0 Å². The highest BCUT2D eigenvalue weighted by molar-refractivity contribution is 6.08. The van der Waals surface area contributed by atoms with E-state index in [1.807, 2.05) is 51.1 Å². The lowest BCUT2D eigenvalue weighted by molar-refractivity contribution is -0.154. The summed E-state index contributed by atoms with van der Waals surface area (Å²) < 4.78 is 16.6. The van der Waals surface area contributed by atoms with E-state index in [-0.39, 0.29) is 11.8 Å². The Hall–Kier alpha value is -3.02. The number of carbonyl (C=O) groups is 2. The van der Waals surface area contributed by atoms with Crippen molar-refractivity contribution in [3.05, 3.63) is 36.4 Å². The van der Waals surface area contributed by atoms with E-state index in [9.17, 15) is 9.59 Å². The third kappa shape index (κ3) is 4.27. The standard InChI is InChI=1S/C22H25NO5/c1-13(27-20(24)12-22(2,3)4)21(25)23-16-11-18-15(10-19(16)26-5)14-8-6-7-9-17(14)28-18/h6-11,13H,12H2,1-5H3,(H,23,25)/t13-/m1/s1. The van der Waals surface area contributed by atoms with Crippen molar-refractivity contribution < 1.29 is 23.5 Å². The van der Waals surface area contributed by atoms with Crippen LogP contribution in [0.15, 0.2) is 40.8 Å². The van der Waals surface area contributed by atoms with Gasteiger partial charge in [-0.05, 0) is 24.5 Å². The number of furan rings is 1. The molecule has 0 aliphatic heterocycles. The van der Waals surface area contributed by atoms with E-state index >= 15 is 0 Å². The van der Waals surface area contributed by atoms with E-state index in [0.717, 1.165) is 16.4 Å². The number of hydrogen-bond acceptors (Lipinski definition) is 5. The molecule has 0 bridgehead atoms. The quantitative estimate of drug-likeness (QED) is 0.634. The molecule has 0 saturated carbocycles. The van der Waals surface area contributed by atoms with Crippen LogP contribution in [0.25, 0.3) is 21.9 Å². The number of ether oxygens (including phenoxy) is 2. The highest BCUT2D eigenvalue weighted by atomic mass is 16.5. The summed E-state index contributed by atoms with van der Waals surface area (Å²) in [6, 6.07) is 11.2. The predicted octanol–water partition coefficient (Wildman–Crippen LogP) is 4.90. The fourth-order valence-electron chi connectivity index (χ4n) is 2.98. The molecule has 0 spiro atoms. The summed E-state index contributed by atoms with van der Waals surface area (Å²) >= 11 is 0. The normalized spacial score (nSPS) is 12.8. The van der Waals surface area contributed by atoms with Crippen molar-refractivity contribution in [1.29, 1.82) is 0 Å². The van der Waals surface area contributed by atoms with Gasteiger partial charge in [0.05, 0.1) is 19.2 Å². The molecule has 0 aliphatic rings. The first kappa shape index (κ1) is 19.7. The minimum absolute atomic E-state index is 0.206. The summed E-state index contributed by atoms with van der Waals surface area (Å²) in [5.74, 6) is -0.341. The zero-order valence-corrected chi connectivity index (χ0v) is 16.8. The van der Waals surface area contributed by atoms with E-state index in [4.69, 9.17) is 13.9 Å². The molecule has 1 amide bonds. The molecule has 1 atom stereocenters. The van der Waals surface area contributed by atoms with Crippen LogP contribution in [0.2, 0.25) is 0 Å². The van der Waals surface area contributed by atoms with E-state index in [1.54, 1.807) is 13.0 Å². The van der Waals surface area contributed by atoms with Gasteiger partial charge in [0, 0.05) is 16.8 Å². The van der Waals surface area contributed by atoms with Gasteiger partial charge in [0.1, 0.15) is 16.9 Å². The molecule has 0 aliphatic carbocycles. The first-order chi connectivity index (χ1) is 13.2. The molecular formula is C22H25NO5. The number of carbonyl (C=O) groups excluding carboxylic acids is 2. The summed E-state index contributed by atoms with van der Waals surface area (Å²) in [6.07, 6.45) is -0.690. The largest absolute Gasteiger partial charge is 0.495 e. The van der Waals surface area contributed by atoms with Crippen molar-refractivity contribution in [3.8, 4) is 5.75 Å². The second-order valence-electron chi connectivity index (χ2n) is 8.01. The Morgan fingerprint density at radius 1 is 1.11 bits per heavy atom. The van der Waals surface area contributed by atoms with Gasteiger partial charge in [0.25, 0.3) is 5.91 Å². The van der Waals surface area contributed by atoms with Crippen molar-refractivity contribution >= 4 is 39.5 Å². The summed E-state index contributed by atoms with van der Waals surface area (Å²) in [6.45, 7) is 7.35. The Labute approximate surface area is 163 Å². The highest BCUT2D eigenvalue weighted by Gasteiger charge is 2.23. The van der Waals surface area contributed by atoms with Gasteiger partial charge in [-0.2, -0.15) is 0 Å². The maximum absolute atomic E-state index is 12.5. The molecule has 3 aromatic rings. The number of amides is 1. The zero-order valence-electron chi connectivity index (χ0n) is 16.8. The minimum Gasteiger partial charge on any atom is -0.495 e. The Morgan fingerprint density at radius 3 is 2.50 bits per heavy atom. The molecule has 0 saturated heterocycles. The Balaban J connectivity index is 1.81. The van der Waals surface area contributed by atoms with Crippen LogP contribution in [0.5, 0.6) is 5.75 Å². The highest BCUT2D eigenvalue weighted by Crippen LogP contribution is 2.36. The van der Waals surface area contributed by atoms with Crippen LogP contribution in [0, 0.1) is 5.41 Å². The molecule has 1 aromatic heterocycles. The maximum Gasteiger partial charge on any atom is 0.307 e. The average molecular weight is 383 g/mol. The van der Waals surface area contributed by atoms with Crippen molar-refractivity contribution in [1.82, 2.24) is 0 Å². The third-order valence-corrected chi connectivity index (χ3v) is 4.31. The molecule has 0 fully saturated rings. The maximum atomic E-state index is 12.5.